The Morgan fingerprint density at radius 2 is 2.09 bits per heavy atom. The molecule has 0 bridgehead atoms. The van der Waals surface area contributed by atoms with Crippen LogP contribution in [0, 0.1) is 0 Å². The van der Waals surface area contributed by atoms with E-state index in [1.54, 1.807) is 0 Å². The second-order valence-electron chi connectivity index (χ2n) is 5.97. The smallest absolute Gasteiger partial charge is 0.315 e. The van der Waals surface area contributed by atoms with Gasteiger partial charge in [-0.05, 0) is 43.9 Å². The predicted octanol–water partition coefficient (Wildman–Crippen LogP) is 1.87. The Labute approximate surface area is 136 Å². The third-order valence-electron chi connectivity index (χ3n) is 4.19. The number of rotatable bonds is 5. The fourth-order valence-electron chi connectivity index (χ4n) is 2.91. The molecule has 0 aliphatic carbocycles. The molecule has 23 heavy (non-hydrogen) atoms. The topological polar surface area (TPSA) is 68.8 Å². The fourth-order valence-corrected chi connectivity index (χ4v) is 2.91. The molecule has 126 valence electrons. The zero-order valence-electron chi connectivity index (χ0n) is 13.5. The molecule has 2 amide bonds. The third kappa shape index (κ3) is 4.28. The quantitative estimate of drug-likeness (QED) is 0.869. The van der Waals surface area contributed by atoms with Crippen molar-refractivity contribution < 1.29 is 19.0 Å². The van der Waals surface area contributed by atoms with Crippen molar-refractivity contribution in [2.75, 3.05) is 26.4 Å². The summed E-state index contributed by atoms with van der Waals surface area (Å²) in [6.45, 7) is 4.53. The van der Waals surface area contributed by atoms with Gasteiger partial charge in [0.05, 0.1) is 12.1 Å². The van der Waals surface area contributed by atoms with Crippen molar-refractivity contribution >= 4 is 6.03 Å². The number of carbonyl (C=O) groups is 1. The Balaban J connectivity index is 1.41. The van der Waals surface area contributed by atoms with Crippen molar-refractivity contribution in [3.63, 3.8) is 0 Å². The number of ether oxygens (including phenoxy) is 3. The van der Waals surface area contributed by atoms with E-state index >= 15 is 0 Å². The van der Waals surface area contributed by atoms with E-state index in [-0.39, 0.29) is 18.2 Å². The van der Waals surface area contributed by atoms with Crippen LogP contribution in [0.3, 0.4) is 0 Å². The Kier molecular flexibility index (Phi) is 5.23. The van der Waals surface area contributed by atoms with Crippen molar-refractivity contribution in [2.45, 2.75) is 38.3 Å². The van der Waals surface area contributed by atoms with Crippen LogP contribution in [-0.4, -0.2) is 44.5 Å². The van der Waals surface area contributed by atoms with Gasteiger partial charge in [0.1, 0.15) is 13.2 Å². The number of hydrogen-bond acceptors (Lipinski definition) is 4. The van der Waals surface area contributed by atoms with Crippen LogP contribution in [0.25, 0.3) is 0 Å². The van der Waals surface area contributed by atoms with Gasteiger partial charge < -0.3 is 24.8 Å². The fraction of sp³-hybridized carbons (Fsp3) is 0.588. The molecule has 1 saturated heterocycles. The summed E-state index contributed by atoms with van der Waals surface area (Å²) < 4.78 is 16.6. The Morgan fingerprint density at radius 3 is 2.87 bits per heavy atom. The van der Waals surface area contributed by atoms with E-state index in [2.05, 4.69) is 10.6 Å². The number of fused-ring (bicyclic) bond motifs is 1. The number of benzene rings is 1. The van der Waals surface area contributed by atoms with Gasteiger partial charge >= 0.3 is 6.03 Å². The number of hydrogen-bond donors (Lipinski definition) is 2. The van der Waals surface area contributed by atoms with Gasteiger partial charge in [-0.3, -0.25) is 0 Å². The summed E-state index contributed by atoms with van der Waals surface area (Å²) >= 11 is 0. The lowest BCUT2D eigenvalue weighted by Crippen LogP contribution is -2.46. The highest BCUT2D eigenvalue weighted by Crippen LogP contribution is 2.30. The van der Waals surface area contributed by atoms with Crippen LogP contribution in [-0.2, 0) is 11.2 Å². The molecule has 2 atom stereocenters. The maximum absolute atomic E-state index is 11.9. The number of carbonyl (C=O) groups excluding carboxylic acids is 1. The van der Waals surface area contributed by atoms with Gasteiger partial charge in [0, 0.05) is 13.2 Å². The zero-order valence-corrected chi connectivity index (χ0v) is 13.5. The van der Waals surface area contributed by atoms with E-state index in [4.69, 9.17) is 14.2 Å². The molecule has 2 N–H and O–H groups in total. The Hall–Kier alpha value is -1.95. The molecule has 0 unspecified atom stereocenters. The molecular weight excluding hydrogens is 296 g/mol. The largest absolute Gasteiger partial charge is 0.486 e. The third-order valence-corrected chi connectivity index (χ3v) is 4.19. The highest BCUT2D eigenvalue weighted by Gasteiger charge is 2.23. The average molecular weight is 320 g/mol. The van der Waals surface area contributed by atoms with E-state index in [0.29, 0.717) is 19.8 Å². The van der Waals surface area contributed by atoms with Gasteiger partial charge in [-0.25, -0.2) is 4.79 Å². The van der Waals surface area contributed by atoms with E-state index in [9.17, 15) is 4.79 Å². The van der Waals surface area contributed by atoms with Crippen LogP contribution in [0.2, 0.25) is 0 Å². The van der Waals surface area contributed by atoms with Crippen molar-refractivity contribution in [3.05, 3.63) is 23.8 Å². The molecule has 2 aliphatic rings. The predicted molar refractivity (Wildman–Crippen MR) is 86.1 cm³/mol. The van der Waals surface area contributed by atoms with Gasteiger partial charge in [0.25, 0.3) is 0 Å². The molecule has 0 spiro atoms. The second kappa shape index (κ2) is 7.55. The van der Waals surface area contributed by atoms with Gasteiger partial charge in [-0.15, -0.1) is 0 Å². The summed E-state index contributed by atoms with van der Waals surface area (Å²) in [5.74, 6) is 1.57. The minimum absolute atomic E-state index is 0.0341. The van der Waals surface area contributed by atoms with Crippen molar-refractivity contribution in [1.82, 2.24) is 10.6 Å². The molecule has 1 fully saturated rings. The van der Waals surface area contributed by atoms with Crippen LogP contribution in [0.5, 0.6) is 11.5 Å². The first-order chi connectivity index (χ1) is 11.2. The summed E-state index contributed by atoms with van der Waals surface area (Å²) in [5, 5.41) is 5.83. The summed E-state index contributed by atoms with van der Waals surface area (Å²) in [6, 6.07) is 5.78. The van der Waals surface area contributed by atoms with Crippen LogP contribution in [0.4, 0.5) is 4.79 Å². The molecule has 1 aromatic carbocycles. The number of urea groups is 1. The van der Waals surface area contributed by atoms with Crippen molar-refractivity contribution in [2.24, 2.45) is 0 Å². The highest BCUT2D eigenvalue weighted by atomic mass is 16.6. The van der Waals surface area contributed by atoms with Crippen LogP contribution in [0.15, 0.2) is 18.2 Å². The first kappa shape index (κ1) is 15.9. The van der Waals surface area contributed by atoms with Gasteiger partial charge in [-0.1, -0.05) is 6.07 Å². The molecule has 0 radical (unpaired) electrons. The molecule has 6 heteroatoms. The normalized spacial score (nSPS) is 20.8. The minimum Gasteiger partial charge on any atom is -0.486 e. The molecule has 2 heterocycles. The standard InChI is InChI=1S/C17H24N2O4/c1-12(14-3-2-8-21-14)19-17(20)18-7-6-13-4-5-15-16(11-13)23-10-9-22-15/h4-5,11-12,14H,2-3,6-10H2,1H3,(H2,18,19,20)/t12-,14+/m0/s1. The first-order valence-electron chi connectivity index (χ1n) is 8.27. The molecule has 0 saturated carbocycles. The van der Waals surface area contributed by atoms with Gasteiger partial charge in [0.15, 0.2) is 11.5 Å². The average Bonchev–Trinajstić information content (AvgIpc) is 3.09. The summed E-state index contributed by atoms with van der Waals surface area (Å²) in [6.07, 6.45) is 2.97. The molecule has 6 nitrogen and oxygen atoms in total. The molecule has 0 aromatic heterocycles. The van der Waals surface area contributed by atoms with Crippen molar-refractivity contribution in [1.29, 1.82) is 0 Å². The Bertz CT molecular complexity index is 543. The highest BCUT2D eigenvalue weighted by molar-refractivity contribution is 5.74. The Morgan fingerprint density at radius 1 is 1.26 bits per heavy atom. The molecule has 2 aliphatic heterocycles. The van der Waals surface area contributed by atoms with Gasteiger partial charge in [-0.2, -0.15) is 0 Å². The van der Waals surface area contributed by atoms with Crippen LogP contribution < -0.4 is 20.1 Å². The number of amides is 2. The van der Waals surface area contributed by atoms with Crippen LogP contribution in [0.1, 0.15) is 25.3 Å². The maximum atomic E-state index is 11.9. The van der Waals surface area contributed by atoms with E-state index < -0.39 is 0 Å². The van der Waals surface area contributed by atoms with E-state index in [1.165, 1.54) is 0 Å². The monoisotopic (exact) mass is 320 g/mol. The van der Waals surface area contributed by atoms with E-state index in [1.807, 2.05) is 25.1 Å². The number of nitrogens with one attached hydrogen (secondary N) is 2. The minimum atomic E-state index is -0.148. The van der Waals surface area contributed by atoms with E-state index in [0.717, 1.165) is 42.9 Å². The summed E-state index contributed by atoms with van der Waals surface area (Å²) in [4.78, 5) is 11.9. The molecule has 1 aromatic rings. The molecule has 3 rings (SSSR count). The maximum Gasteiger partial charge on any atom is 0.315 e. The van der Waals surface area contributed by atoms with Gasteiger partial charge in [0.2, 0.25) is 0 Å². The van der Waals surface area contributed by atoms with Crippen LogP contribution >= 0.6 is 0 Å². The lowest BCUT2D eigenvalue weighted by molar-refractivity contribution is 0.0860. The zero-order chi connectivity index (χ0) is 16.1. The summed E-state index contributed by atoms with van der Waals surface area (Å²) in [7, 11) is 0. The SMILES string of the molecule is C[C@H](NC(=O)NCCc1ccc2c(c1)OCCO2)[C@H]1CCCO1. The lowest BCUT2D eigenvalue weighted by Gasteiger charge is -2.20. The second-order valence-corrected chi connectivity index (χ2v) is 5.97. The first-order valence-corrected chi connectivity index (χ1v) is 8.27. The molecular formula is C17H24N2O4. The summed E-state index contributed by atoms with van der Waals surface area (Å²) in [5.41, 5.74) is 1.11. The lowest BCUT2D eigenvalue weighted by atomic mass is 10.1. The van der Waals surface area contributed by atoms with Crippen molar-refractivity contribution in [3.8, 4) is 11.5 Å².